The van der Waals surface area contributed by atoms with Gasteiger partial charge in [-0.05, 0) is 31.5 Å². The van der Waals surface area contributed by atoms with E-state index in [2.05, 4.69) is 10.3 Å². The van der Waals surface area contributed by atoms with E-state index in [-0.39, 0.29) is 5.91 Å². The van der Waals surface area contributed by atoms with Crippen molar-refractivity contribution in [2.24, 2.45) is 0 Å². The van der Waals surface area contributed by atoms with Crippen LogP contribution in [0.3, 0.4) is 0 Å². The highest BCUT2D eigenvalue weighted by Gasteiger charge is 2.07. The van der Waals surface area contributed by atoms with Crippen molar-refractivity contribution in [3.8, 4) is 0 Å². The average Bonchev–Trinajstić information content (AvgIpc) is 2.85. The summed E-state index contributed by atoms with van der Waals surface area (Å²) in [6.07, 6.45) is 2.18. The number of oxazole rings is 1. The Morgan fingerprint density at radius 2 is 2.39 bits per heavy atom. The molecule has 1 heterocycles. The van der Waals surface area contributed by atoms with Crippen molar-refractivity contribution in [2.75, 3.05) is 19.8 Å². The van der Waals surface area contributed by atoms with Crippen LogP contribution in [0.15, 0.2) is 29.0 Å². The first-order chi connectivity index (χ1) is 8.81. The summed E-state index contributed by atoms with van der Waals surface area (Å²) in [5.74, 6) is -0.101. The highest BCUT2D eigenvalue weighted by atomic mass is 16.5. The fourth-order valence-corrected chi connectivity index (χ4v) is 1.62. The second-order valence-electron chi connectivity index (χ2n) is 3.84. The van der Waals surface area contributed by atoms with Crippen LogP contribution in [0.25, 0.3) is 11.1 Å². The number of ether oxygens (including phenoxy) is 1. The molecule has 18 heavy (non-hydrogen) atoms. The fourth-order valence-electron chi connectivity index (χ4n) is 1.62. The van der Waals surface area contributed by atoms with Gasteiger partial charge in [0.15, 0.2) is 12.0 Å². The minimum Gasteiger partial charge on any atom is -0.443 e. The minimum absolute atomic E-state index is 0.101. The molecule has 0 aliphatic heterocycles. The zero-order valence-corrected chi connectivity index (χ0v) is 10.3. The molecule has 0 saturated heterocycles. The molecule has 0 saturated carbocycles. The van der Waals surface area contributed by atoms with Crippen molar-refractivity contribution in [3.05, 3.63) is 30.2 Å². The van der Waals surface area contributed by atoms with Gasteiger partial charge in [-0.1, -0.05) is 0 Å². The van der Waals surface area contributed by atoms with Crippen molar-refractivity contribution >= 4 is 17.0 Å². The third-order valence-corrected chi connectivity index (χ3v) is 2.55. The summed E-state index contributed by atoms with van der Waals surface area (Å²) in [7, 11) is 0. The number of nitrogens with one attached hydrogen (secondary N) is 1. The molecule has 0 spiro atoms. The van der Waals surface area contributed by atoms with Gasteiger partial charge in [0.2, 0.25) is 0 Å². The number of rotatable bonds is 6. The molecule has 96 valence electrons. The number of hydrogen-bond acceptors (Lipinski definition) is 4. The standard InChI is InChI=1S/C13H16N2O3/c1-2-17-7-3-6-14-13(16)10-4-5-12-11(8-10)15-9-18-12/h4-5,8-9H,2-3,6-7H2,1H3,(H,14,16). The smallest absolute Gasteiger partial charge is 0.251 e. The Balaban J connectivity index is 1.88. The third-order valence-electron chi connectivity index (χ3n) is 2.55. The molecule has 1 amide bonds. The van der Waals surface area contributed by atoms with Gasteiger partial charge in [-0.3, -0.25) is 4.79 Å². The predicted molar refractivity (Wildman–Crippen MR) is 67.5 cm³/mol. The summed E-state index contributed by atoms with van der Waals surface area (Å²) < 4.78 is 10.3. The maximum absolute atomic E-state index is 11.8. The van der Waals surface area contributed by atoms with Gasteiger partial charge in [0.05, 0.1) is 0 Å². The second kappa shape index (κ2) is 6.16. The van der Waals surface area contributed by atoms with E-state index in [1.54, 1.807) is 18.2 Å². The molecule has 0 aliphatic rings. The van der Waals surface area contributed by atoms with Gasteiger partial charge < -0.3 is 14.5 Å². The number of fused-ring (bicyclic) bond motifs is 1. The molecule has 0 aliphatic carbocycles. The Hall–Kier alpha value is -1.88. The SMILES string of the molecule is CCOCCCNC(=O)c1ccc2ocnc2c1. The second-order valence-corrected chi connectivity index (χ2v) is 3.84. The summed E-state index contributed by atoms with van der Waals surface area (Å²) >= 11 is 0. The molecular formula is C13H16N2O3. The van der Waals surface area contributed by atoms with Crippen molar-refractivity contribution in [3.63, 3.8) is 0 Å². The Kier molecular flexibility index (Phi) is 4.30. The molecule has 1 aromatic heterocycles. The lowest BCUT2D eigenvalue weighted by Crippen LogP contribution is -2.25. The number of benzene rings is 1. The Morgan fingerprint density at radius 3 is 3.22 bits per heavy atom. The van der Waals surface area contributed by atoms with Crippen molar-refractivity contribution in [1.29, 1.82) is 0 Å². The van der Waals surface area contributed by atoms with Crippen molar-refractivity contribution in [1.82, 2.24) is 10.3 Å². The van der Waals surface area contributed by atoms with E-state index in [0.717, 1.165) is 6.42 Å². The molecule has 2 aromatic rings. The molecule has 0 bridgehead atoms. The van der Waals surface area contributed by atoms with Gasteiger partial charge in [-0.25, -0.2) is 4.98 Å². The first kappa shape index (κ1) is 12.6. The number of carbonyl (C=O) groups is 1. The minimum atomic E-state index is -0.101. The van der Waals surface area contributed by atoms with E-state index in [9.17, 15) is 4.79 Å². The van der Waals surface area contributed by atoms with Gasteiger partial charge in [0, 0.05) is 25.3 Å². The summed E-state index contributed by atoms with van der Waals surface area (Å²) in [5.41, 5.74) is 1.97. The predicted octanol–water partition coefficient (Wildman–Crippen LogP) is 1.98. The van der Waals surface area contributed by atoms with Gasteiger partial charge >= 0.3 is 0 Å². The van der Waals surface area contributed by atoms with Gasteiger partial charge in [0.1, 0.15) is 5.52 Å². The molecule has 1 aromatic carbocycles. The van der Waals surface area contributed by atoms with E-state index >= 15 is 0 Å². The van der Waals surface area contributed by atoms with E-state index in [0.29, 0.717) is 36.4 Å². The zero-order chi connectivity index (χ0) is 12.8. The number of hydrogen-bond donors (Lipinski definition) is 1. The van der Waals surface area contributed by atoms with Crippen LogP contribution in [0.5, 0.6) is 0 Å². The maximum Gasteiger partial charge on any atom is 0.251 e. The highest BCUT2D eigenvalue weighted by Crippen LogP contribution is 2.13. The van der Waals surface area contributed by atoms with Crippen LogP contribution in [0, 0.1) is 0 Å². The lowest BCUT2D eigenvalue weighted by molar-refractivity contribution is 0.0944. The molecule has 1 N–H and O–H groups in total. The molecule has 2 rings (SSSR count). The van der Waals surface area contributed by atoms with E-state index < -0.39 is 0 Å². The topological polar surface area (TPSA) is 64.4 Å². The molecule has 0 radical (unpaired) electrons. The monoisotopic (exact) mass is 248 g/mol. The Labute approximate surface area is 105 Å². The first-order valence-electron chi connectivity index (χ1n) is 6.00. The average molecular weight is 248 g/mol. The molecule has 5 nitrogen and oxygen atoms in total. The van der Waals surface area contributed by atoms with Gasteiger partial charge in [-0.2, -0.15) is 0 Å². The van der Waals surface area contributed by atoms with E-state index in [1.807, 2.05) is 6.92 Å². The van der Waals surface area contributed by atoms with Crippen LogP contribution < -0.4 is 5.32 Å². The maximum atomic E-state index is 11.8. The van der Waals surface area contributed by atoms with Gasteiger partial charge in [-0.15, -0.1) is 0 Å². The fraction of sp³-hybridized carbons (Fsp3) is 0.385. The van der Waals surface area contributed by atoms with Crippen LogP contribution in [0.2, 0.25) is 0 Å². The Bertz CT molecular complexity index is 522. The van der Waals surface area contributed by atoms with Gasteiger partial charge in [0.25, 0.3) is 5.91 Å². The van der Waals surface area contributed by atoms with E-state index in [4.69, 9.17) is 9.15 Å². The zero-order valence-electron chi connectivity index (χ0n) is 10.3. The lowest BCUT2D eigenvalue weighted by Gasteiger charge is -2.05. The van der Waals surface area contributed by atoms with Crippen LogP contribution in [-0.2, 0) is 4.74 Å². The van der Waals surface area contributed by atoms with Crippen LogP contribution in [-0.4, -0.2) is 30.6 Å². The third kappa shape index (κ3) is 3.07. The Morgan fingerprint density at radius 1 is 1.50 bits per heavy atom. The van der Waals surface area contributed by atoms with Crippen LogP contribution in [0.1, 0.15) is 23.7 Å². The summed E-state index contributed by atoms with van der Waals surface area (Å²) in [5, 5.41) is 2.84. The largest absolute Gasteiger partial charge is 0.443 e. The summed E-state index contributed by atoms with van der Waals surface area (Å²) in [6, 6.07) is 5.19. The number of nitrogens with zero attached hydrogens (tertiary/aromatic N) is 1. The van der Waals surface area contributed by atoms with Crippen molar-refractivity contribution < 1.29 is 13.9 Å². The molecule has 0 atom stereocenters. The van der Waals surface area contributed by atoms with E-state index in [1.165, 1.54) is 6.39 Å². The number of amides is 1. The summed E-state index contributed by atoms with van der Waals surface area (Å²) in [4.78, 5) is 15.8. The lowest BCUT2D eigenvalue weighted by atomic mass is 10.2. The number of aromatic nitrogens is 1. The molecular weight excluding hydrogens is 232 g/mol. The van der Waals surface area contributed by atoms with Crippen LogP contribution >= 0.6 is 0 Å². The molecule has 0 unspecified atom stereocenters. The highest BCUT2D eigenvalue weighted by molar-refractivity contribution is 5.96. The quantitative estimate of drug-likeness (QED) is 0.794. The van der Waals surface area contributed by atoms with Crippen LogP contribution in [0.4, 0.5) is 0 Å². The molecule has 5 heteroatoms. The van der Waals surface area contributed by atoms with Crippen molar-refractivity contribution in [2.45, 2.75) is 13.3 Å². The first-order valence-corrected chi connectivity index (χ1v) is 6.00. The molecule has 0 fully saturated rings. The normalized spacial score (nSPS) is 10.7. The summed E-state index contributed by atoms with van der Waals surface area (Å²) in [6.45, 7) is 3.93. The number of carbonyl (C=O) groups excluding carboxylic acids is 1.